The summed E-state index contributed by atoms with van der Waals surface area (Å²) < 4.78 is 0. The van der Waals surface area contributed by atoms with E-state index in [1.54, 1.807) is 6.08 Å². The normalized spacial score (nSPS) is 53.0. The standard InChI is InChI=1S/C19H26N2O/c1-18-9-7-15-13(14(18)5-3-12(18)11-20)4-6-16-19(15,2)10-8-17(22)21-16/h8,10,12-16H,3-7,9H2,1-2H3,(H,21,22)/t12?,13-,14-,15+,16?,18+,19+/m0/s1. The minimum absolute atomic E-state index is 0.0759. The van der Waals surface area contributed by atoms with Crippen molar-refractivity contribution in [2.45, 2.75) is 58.4 Å². The summed E-state index contributed by atoms with van der Waals surface area (Å²) >= 11 is 0. The van der Waals surface area contributed by atoms with Gasteiger partial charge in [-0.1, -0.05) is 19.9 Å². The molecule has 0 saturated heterocycles. The van der Waals surface area contributed by atoms with Crippen LogP contribution in [0.5, 0.6) is 0 Å². The van der Waals surface area contributed by atoms with E-state index in [1.165, 1.54) is 25.7 Å². The van der Waals surface area contributed by atoms with Gasteiger partial charge in [-0.3, -0.25) is 4.79 Å². The number of rotatable bonds is 0. The summed E-state index contributed by atoms with van der Waals surface area (Å²) in [5, 5.41) is 12.7. The second kappa shape index (κ2) is 4.60. The number of nitrogens with one attached hydrogen (secondary N) is 1. The number of fused-ring (bicyclic) bond motifs is 5. The molecule has 0 radical (unpaired) electrons. The molecule has 1 amide bonds. The van der Waals surface area contributed by atoms with Crippen LogP contribution in [0.3, 0.4) is 0 Å². The second-order valence-electron chi connectivity index (χ2n) is 8.52. The molecule has 3 aliphatic carbocycles. The number of amides is 1. The van der Waals surface area contributed by atoms with Gasteiger partial charge in [-0.2, -0.15) is 5.26 Å². The molecule has 4 rings (SSSR count). The third-order valence-electron chi connectivity index (χ3n) is 7.84. The molecule has 1 N–H and O–H groups in total. The molecule has 0 aromatic heterocycles. The Morgan fingerprint density at radius 3 is 2.77 bits per heavy atom. The lowest BCUT2D eigenvalue weighted by atomic mass is 9.48. The zero-order chi connectivity index (χ0) is 15.5. The Labute approximate surface area is 133 Å². The van der Waals surface area contributed by atoms with Gasteiger partial charge in [-0.25, -0.2) is 0 Å². The zero-order valence-electron chi connectivity index (χ0n) is 13.6. The first-order valence-electron chi connectivity index (χ1n) is 8.88. The summed E-state index contributed by atoms with van der Waals surface area (Å²) in [5.74, 6) is 2.44. The van der Waals surface area contributed by atoms with E-state index >= 15 is 0 Å². The Morgan fingerprint density at radius 2 is 2.00 bits per heavy atom. The molecule has 1 heterocycles. The van der Waals surface area contributed by atoms with Crippen LogP contribution in [0.2, 0.25) is 0 Å². The highest BCUT2D eigenvalue weighted by molar-refractivity contribution is 5.89. The van der Waals surface area contributed by atoms with E-state index in [-0.39, 0.29) is 22.7 Å². The number of hydrogen-bond donors (Lipinski definition) is 1. The van der Waals surface area contributed by atoms with Gasteiger partial charge in [0.1, 0.15) is 0 Å². The van der Waals surface area contributed by atoms with Crippen molar-refractivity contribution < 1.29 is 4.79 Å². The van der Waals surface area contributed by atoms with Gasteiger partial charge in [-0.15, -0.1) is 0 Å². The summed E-state index contributed by atoms with van der Waals surface area (Å²) in [5.41, 5.74) is 0.351. The van der Waals surface area contributed by atoms with E-state index < -0.39 is 0 Å². The van der Waals surface area contributed by atoms with Crippen LogP contribution in [0, 0.1) is 45.8 Å². The van der Waals surface area contributed by atoms with E-state index in [9.17, 15) is 10.1 Å². The van der Waals surface area contributed by atoms with Crippen LogP contribution in [-0.4, -0.2) is 11.9 Å². The average Bonchev–Trinajstić information content (AvgIpc) is 2.84. The van der Waals surface area contributed by atoms with Crippen LogP contribution in [0.4, 0.5) is 0 Å². The monoisotopic (exact) mass is 298 g/mol. The van der Waals surface area contributed by atoms with Crippen molar-refractivity contribution >= 4 is 5.91 Å². The maximum atomic E-state index is 11.7. The van der Waals surface area contributed by atoms with E-state index in [4.69, 9.17) is 0 Å². The van der Waals surface area contributed by atoms with Gasteiger partial charge >= 0.3 is 0 Å². The molecule has 3 heteroatoms. The first-order valence-corrected chi connectivity index (χ1v) is 8.88. The molecule has 0 spiro atoms. The van der Waals surface area contributed by atoms with Crippen molar-refractivity contribution in [3.05, 3.63) is 12.2 Å². The Kier molecular flexibility index (Phi) is 2.99. The molecule has 3 fully saturated rings. The predicted molar refractivity (Wildman–Crippen MR) is 84.6 cm³/mol. The van der Waals surface area contributed by atoms with Gasteiger partial charge in [-0.05, 0) is 67.8 Å². The fraction of sp³-hybridized carbons (Fsp3) is 0.789. The highest BCUT2D eigenvalue weighted by Gasteiger charge is 2.59. The summed E-state index contributed by atoms with van der Waals surface area (Å²) in [7, 11) is 0. The SMILES string of the molecule is C[C@]12C=CC(=O)NC1CC[C@@H]1[C@H]2CC[C@]2(C)C(C#N)CC[C@@H]12. The molecule has 0 aromatic carbocycles. The summed E-state index contributed by atoms with van der Waals surface area (Å²) in [6.07, 6.45) is 11.0. The molecule has 118 valence electrons. The Bertz CT molecular complexity index is 576. The van der Waals surface area contributed by atoms with E-state index in [1.807, 2.05) is 0 Å². The van der Waals surface area contributed by atoms with Gasteiger partial charge in [0.05, 0.1) is 12.0 Å². The van der Waals surface area contributed by atoms with E-state index in [0.29, 0.717) is 17.9 Å². The maximum Gasteiger partial charge on any atom is 0.243 e. The highest BCUT2D eigenvalue weighted by atomic mass is 16.1. The molecule has 2 unspecified atom stereocenters. The second-order valence-corrected chi connectivity index (χ2v) is 8.52. The fourth-order valence-corrected chi connectivity index (χ4v) is 6.55. The third kappa shape index (κ3) is 1.70. The molecule has 3 saturated carbocycles. The number of hydrogen-bond acceptors (Lipinski definition) is 2. The first kappa shape index (κ1) is 14.3. The highest BCUT2D eigenvalue weighted by Crippen LogP contribution is 2.64. The van der Waals surface area contributed by atoms with Gasteiger partial charge in [0.15, 0.2) is 0 Å². The zero-order valence-corrected chi connectivity index (χ0v) is 13.6. The fourth-order valence-electron chi connectivity index (χ4n) is 6.55. The number of carbonyl (C=O) groups excluding carboxylic acids is 1. The lowest BCUT2D eigenvalue weighted by Gasteiger charge is -2.58. The minimum Gasteiger partial charge on any atom is -0.349 e. The van der Waals surface area contributed by atoms with E-state index in [0.717, 1.165) is 18.8 Å². The van der Waals surface area contributed by atoms with Crippen molar-refractivity contribution in [2.75, 3.05) is 0 Å². The average molecular weight is 298 g/mol. The van der Waals surface area contributed by atoms with Gasteiger partial charge in [0, 0.05) is 11.5 Å². The number of nitriles is 1. The molecular weight excluding hydrogens is 272 g/mol. The number of nitrogens with zero attached hydrogens (tertiary/aromatic N) is 1. The molecule has 0 bridgehead atoms. The number of carbonyl (C=O) groups is 1. The van der Waals surface area contributed by atoms with Crippen LogP contribution in [0.25, 0.3) is 0 Å². The third-order valence-corrected chi connectivity index (χ3v) is 7.84. The van der Waals surface area contributed by atoms with Crippen molar-refractivity contribution in [2.24, 2.45) is 34.5 Å². The topological polar surface area (TPSA) is 52.9 Å². The summed E-state index contributed by atoms with van der Waals surface area (Å²) in [6.45, 7) is 4.73. The quantitative estimate of drug-likeness (QED) is 0.745. The lowest BCUT2D eigenvalue weighted by molar-refractivity contribution is -0.122. The molecule has 0 aromatic rings. The lowest BCUT2D eigenvalue weighted by Crippen LogP contribution is -2.59. The van der Waals surface area contributed by atoms with E-state index in [2.05, 4.69) is 31.3 Å². The summed E-state index contributed by atoms with van der Waals surface area (Å²) in [6, 6.07) is 2.91. The molecular formula is C19H26N2O. The largest absolute Gasteiger partial charge is 0.349 e. The van der Waals surface area contributed by atoms with Crippen LogP contribution in [0.15, 0.2) is 12.2 Å². The maximum absolute atomic E-state index is 11.7. The Balaban J connectivity index is 1.68. The molecule has 22 heavy (non-hydrogen) atoms. The smallest absolute Gasteiger partial charge is 0.243 e. The molecule has 3 nitrogen and oxygen atoms in total. The van der Waals surface area contributed by atoms with Crippen LogP contribution in [0.1, 0.15) is 52.4 Å². The van der Waals surface area contributed by atoms with Crippen LogP contribution in [-0.2, 0) is 4.79 Å². The van der Waals surface area contributed by atoms with Crippen molar-refractivity contribution in [1.29, 1.82) is 5.26 Å². The predicted octanol–water partition coefficient (Wildman–Crippen LogP) is 3.42. The van der Waals surface area contributed by atoms with Crippen molar-refractivity contribution in [1.82, 2.24) is 5.32 Å². The molecule has 4 aliphatic rings. The van der Waals surface area contributed by atoms with Crippen LogP contribution < -0.4 is 5.32 Å². The van der Waals surface area contributed by atoms with Crippen molar-refractivity contribution in [3.63, 3.8) is 0 Å². The van der Waals surface area contributed by atoms with Crippen molar-refractivity contribution in [3.8, 4) is 6.07 Å². The molecule has 1 aliphatic heterocycles. The Morgan fingerprint density at radius 1 is 1.18 bits per heavy atom. The van der Waals surface area contributed by atoms with Gasteiger partial charge < -0.3 is 5.32 Å². The molecule has 7 atom stereocenters. The minimum atomic E-state index is 0.0759. The summed E-state index contributed by atoms with van der Waals surface area (Å²) in [4.78, 5) is 11.7. The first-order chi connectivity index (χ1) is 10.5. The van der Waals surface area contributed by atoms with Crippen LogP contribution >= 0.6 is 0 Å². The van der Waals surface area contributed by atoms with Gasteiger partial charge in [0.25, 0.3) is 0 Å². The van der Waals surface area contributed by atoms with Gasteiger partial charge in [0.2, 0.25) is 5.91 Å². The Hall–Kier alpha value is -1.30.